The first-order valence-corrected chi connectivity index (χ1v) is 12.1. The van der Waals surface area contributed by atoms with Crippen LogP contribution in [-0.2, 0) is 10.5 Å². The molecule has 0 spiro atoms. The fraction of sp³-hybridized carbons (Fsp3) is 0.158. The predicted molar refractivity (Wildman–Crippen MR) is 123 cm³/mol. The molecule has 0 aliphatic heterocycles. The number of thioether (sulfide) groups is 1. The molecule has 0 saturated heterocycles. The van der Waals surface area contributed by atoms with Crippen LogP contribution in [0.25, 0.3) is 21.6 Å². The van der Waals surface area contributed by atoms with Gasteiger partial charge in [-0.15, -0.1) is 34.4 Å². The Hall–Kier alpha value is -1.94. The van der Waals surface area contributed by atoms with Crippen LogP contribution in [0, 0.1) is 0 Å². The number of hydrogen-bond acceptors (Lipinski definition) is 7. The molecule has 4 aromatic rings. The zero-order valence-corrected chi connectivity index (χ0v) is 18.3. The second-order valence-electron chi connectivity index (χ2n) is 6.04. The number of nitrogens with one attached hydrogen (secondary N) is 1. The molecule has 5 nitrogen and oxygen atoms in total. The van der Waals surface area contributed by atoms with Crippen molar-refractivity contribution in [3.05, 3.63) is 52.9 Å². The zero-order valence-electron chi connectivity index (χ0n) is 15.0. The second kappa shape index (κ2) is 8.60. The summed E-state index contributed by atoms with van der Waals surface area (Å²) in [7, 11) is 2.08. The van der Waals surface area contributed by atoms with Crippen molar-refractivity contribution in [2.45, 2.75) is 9.96 Å². The van der Waals surface area contributed by atoms with Crippen LogP contribution in [-0.4, -0.2) is 28.7 Å². The van der Waals surface area contributed by atoms with Gasteiger partial charge in [0, 0.05) is 29.3 Å². The van der Waals surface area contributed by atoms with Gasteiger partial charge in [-0.3, -0.25) is 4.79 Å². The molecule has 4 rings (SSSR count). The fourth-order valence-corrected chi connectivity index (χ4v) is 6.29. The molecule has 0 bridgehead atoms. The summed E-state index contributed by atoms with van der Waals surface area (Å²) in [6.45, 7) is 0. The minimum Gasteiger partial charge on any atom is -0.369 e. The highest BCUT2D eigenvalue weighted by molar-refractivity contribution is 8.02. The molecule has 0 saturated carbocycles. The van der Waals surface area contributed by atoms with Crippen LogP contribution in [0.4, 0.5) is 5.69 Å². The maximum atomic E-state index is 10.9. The van der Waals surface area contributed by atoms with Crippen molar-refractivity contribution in [2.75, 3.05) is 17.1 Å². The average molecular weight is 447 g/mol. The van der Waals surface area contributed by atoms with Gasteiger partial charge in [-0.1, -0.05) is 18.2 Å². The van der Waals surface area contributed by atoms with Crippen molar-refractivity contribution >= 4 is 68.9 Å². The summed E-state index contributed by atoms with van der Waals surface area (Å²) in [5.41, 5.74) is 8.44. The Labute approximate surface area is 179 Å². The SMILES string of the molecule is CN(Sc1cccs1)c1cccc2cc(-c3ncc(CSCC(N)=O)s3)[nH]c12. The predicted octanol–water partition coefficient (Wildman–Crippen LogP) is 5.21. The number of carbonyl (C=O) groups is 1. The van der Waals surface area contributed by atoms with Gasteiger partial charge in [-0.05, 0) is 35.5 Å². The van der Waals surface area contributed by atoms with E-state index in [0.717, 1.165) is 37.9 Å². The van der Waals surface area contributed by atoms with Crippen molar-refractivity contribution < 1.29 is 4.79 Å². The Morgan fingerprint density at radius 1 is 1.32 bits per heavy atom. The average Bonchev–Trinajstić information content (AvgIpc) is 3.41. The van der Waals surface area contributed by atoms with Crippen LogP contribution in [0.15, 0.2) is 52.2 Å². The van der Waals surface area contributed by atoms with Crippen LogP contribution in [0.1, 0.15) is 4.88 Å². The second-order valence-corrected chi connectivity index (χ2v) is 10.5. The minimum atomic E-state index is -0.289. The van der Waals surface area contributed by atoms with Gasteiger partial charge in [-0.2, -0.15) is 0 Å². The summed E-state index contributed by atoms with van der Waals surface area (Å²) >= 11 is 6.60. The molecular weight excluding hydrogens is 429 g/mol. The third kappa shape index (κ3) is 4.38. The summed E-state index contributed by atoms with van der Waals surface area (Å²) < 4.78 is 3.44. The quantitative estimate of drug-likeness (QED) is 0.363. The normalized spacial score (nSPS) is 11.2. The number of thiazole rings is 1. The first-order valence-electron chi connectivity index (χ1n) is 8.48. The van der Waals surface area contributed by atoms with Gasteiger partial charge in [0.1, 0.15) is 5.01 Å². The summed E-state index contributed by atoms with van der Waals surface area (Å²) in [5, 5.41) is 4.20. The summed E-state index contributed by atoms with van der Waals surface area (Å²) in [4.78, 5) is 20.1. The number of rotatable bonds is 8. The molecule has 0 fully saturated rings. The zero-order chi connectivity index (χ0) is 19.5. The number of carbonyl (C=O) groups excluding carboxylic acids is 1. The number of nitrogens with two attached hydrogens (primary N) is 1. The van der Waals surface area contributed by atoms with Crippen LogP contribution in [0.3, 0.4) is 0 Å². The van der Waals surface area contributed by atoms with Gasteiger partial charge in [0.25, 0.3) is 0 Å². The maximum absolute atomic E-state index is 10.9. The monoisotopic (exact) mass is 446 g/mol. The number of aromatic amines is 1. The molecule has 1 amide bonds. The molecule has 144 valence electrons. The minimum absolute atomic E-state index is 0.289. The third-order valence-corrected chi connectivity index (χ3v) is 8.15. The van der Waals surface area contributed by atoms with Crippen molar-refractivity contribution in [1.29, 1.82) is 0 Å². The molecule has 0 unspecified atom stereocenters. The van der Waals surface area contributed by atoms with E-state index >= 15 is 0 Å². The van der Waals surface area contributed by atoms with Crippen LogP contribution in [0.2, 0.25) is 0 Å². The molecular formula is C19H18N4OS4. The van der Waals surface area contributed by atoms with Crippen LogP contribution in [0.5, 0.6) is 0 Å². The Balaban J connectivity index is 1.56. The number of amides is 1. The number of fused-ring (bicyclic) bond motifs is 1. The molecule has 3 aromatic heterocycles. The smallest absolute Gasteiger partial charge is 0.227 e. The molecule has 3 heterocycles. The van der Waals surface area contributed by atoms with Gasteiger partial charge in [0.05, 0.1) is 26.9 Å². The largest absolute Gasteiger partial charge is 0.369 e. The van der Waals surface area contributed by atoms with Crippen molar-refractivity contribution in [3.63, 3.8) is 0 Å². The molecule has 28 heavy (non-hydrogen) atoms. The maximum Gasteiger partial charge on any atom is 0.227 e. The number of primary amides is 1. The van der Waals surface area contributed by atoms with Crippen LogP contribution >= 0.6 is 46.4 Å². The number of aromatic nitrogens is 2. The van der Waals surface area contributed by atoms with Gasteiger partial charge < -0.3 is 15.0 Å². The Kier molecular flexibility index (Phi) is 5.96. The highest BCUT2D eigenvalue weighted by Gasteiger charge is 2.13. The van der Waals surface area contributed by atoms with E-state index in [1.54, 1.807) is 34.6 Å². The number of benzene rings is 1. The van der Waals surface area contributed by atoms with Gasteiger partial charge in [-0.25, -0.2) is 4.98 Å². The highest BCUT2D eigenvalue weighted by Crippen LogP contribution is 2.37. The van der Waals surface area contributed by atoms with E-state index < -0.39 is 0 Å². The first kappa shape index (κ1) is 19.4. The number of hydrogen-bond donors (Lipinski definition) is 2. The lowest BCUT2D eigenvalue weighted by molar-refractivity contribution is -0.115. The summed E-state index contributed by atoms with van der Waals surface area (Å²) in [6.07, 6.45) is 1.87. The van der Waals surface area contributed by atoms with E-state index in [4.69, 9.17) is 5.73 Å². The lowest BCUT2D eigenvalue weighted by atomic mass is 10.2. The first-order chi connectivity index (χ1) is 13.6. The molecule has 9 heteroatoms. The Morgan fingerprint density at radius 2 is 2.21 bits per heavy atom. The standard InChI is InChI=1S/C19H18N4OS4/c1-23(28-17-6-3-7-26-17)15-5-2-4-12-8-14(22-18(12)15)19-21-9-13(27-19)10-25-11-16(20)24/h2-9,22H,10-11H2,1H3,(H2,20,24). The molecule has 1 aromatic carbocycles. The summed E-state index contributed by atoms with van der Waals surface area (Å²) in [5.74, 6) is 0.783. The van der Waals surface area contributed by atoms with E-state index in [0.29, 0.717) is 5.75 Å². The fourth-order valence-electron chi connectivity index (χ4n) is 2.77. The van der Waals surface area contributed by atoms with E-state index in [9.17, 15) is 4.79 Å². The van der Waals surface area contributed by atoms with E-state index in [1.165, 1.54) is 16.0 Å². The molecule has 3 N–H and O–H groups in total. The van der Waals surface area contributed by atoms with E-state index in [-0.39, 0.29) is 5.91 Å². The number of thiophene rings is 1. The lowest BCUT2D eigenvalue weighted by Gasteiger charge is -2.17. The Morgan fingerprint density at radius 3 is 3.00 bits per heavy atom. The number of H-pyrrole nitrogens is 1. The third-order valence-electron chi connectivity index (χ3n) is 3.97. The molecule has 0 radical (unpaired) electrons. The van der Waals surface area contributed by atoms with Crippen molar-refractivity contribution in [3.8, 4) is 10.7 Å². The van der Waals surface area contributed by atoms with Crippen molar-refractivity contribution in [1.82, 2.24) is 9.97 Å². The number of anilines is 1. The lowest BCUT2D eigenvalue weighted by Crippen LogP contribution is -2.13. The van der Waals surface area contributed by atoms with Gasteiger partial charge in [0.15, 0.2) is 0 Å². The van der Waals surface area contributed by atoms with Gasteiger partial charge >= 0.3 is 0 Å². The summed E-state index contributed by atoms with van der Waals surface area (Å²) in [6, 6.07) is 12.6. The van der Waals surface area contributed by atoms with Crippen LogP contribution < -0.4 is 10.0 Å². The molecule has 0 atom stereocenters. The van der Waals surface area contributed by atoms with Gasteiger partial charge in [0.2, 0.25) is 5.91 Å². The molecule has 0 aliphatic rings. The van der Waals surface area contributed by atoms with E-state index in [1.807, 2.05) is 6.20 Å². The Bertz CT molecular complexity index is 1090. The highest BCUT2D eigenvalue weighted by atomic mass is 32.2. The van der Waals surface area contributed by atoms with E-state index in [2.05, 4.69) is 63.1 Å². The molecule has 0 aliphatic carbocycles. The number of para-hydroxylation sites is 1. The van der Waals surface area contributed by atoms with Crippen molar-refractivity contribution in [2.24, 2.45) is 5.73 Å². The topological polar surface area (TPSA) is 75.0 Å². The number of nitrogens with zero attached hydrogens (tertiary/aromatic N) is 2.